The van der Waals surface area contributed by atoms with Crippen LogP contribution >= 0.6 is 0 Å². The molecular weight excluding hydrogens is 362 g/mol. The van der Waals surface area contributed by atoms with E-state index in [1.165, 1.54) is 5.56 Å². The Bertz CT molecular complexity index is 961. The van der Waals surface area contributed by atoms with E-state index in [0.717, 1.165) is 79.9 Å². The monoisotopic (exact) mass is 391 g/mol. The van der Waals surface area contributed by atoms with Gasteiger partial charge in [-0.25, -0.2) is 9.99 Å². The number of fused-ring (bicyclic) bond motifs is 2. The van der Waals surface area contributed by atoms with Crippen molar-refractivity contribution in [3.05, 3.63) is 60.0 Å². The summed E-state index contributed by atoms with van der Waals surface area (Å²) in [4.78, 5) is 9.43. The molecule has 0 aliphatic carbocycles. The van der Waals surface area contributed by atoms with Gasteiger partial charge < -0.3 is 10.5 Å². The quantitative estimate of drug-likeness (QED) is 0.593. The Morgan fingerprint density at radius 1 is 1.14 bits per heavy atom. The van der Waals surface area contributed by atoms with Crippen molar-refractivity contribution in [2.75, 3.05) is 31.8 Å². The molecule has 0 atom stereocenters. The lowest BCUT2D eigenvalue weighted by Gasteiger charge is -2.39. The minimum absolute atomic E-state index is 0.717. The van der Waals surface area contributed by atoms with E-state index in [4.69, 9.17) is 20.4 Å². The van der Waals surface area contributed by atoms with Gasteiger partial charge in [0.25, 0.3) is 0 Å². The number of pyridine rings is 2. The second-order valence-corrected chi connectivity index (χ2v) is 7.44. The summed E-state index contributed by atoms with van der Waals surface area (Å²) in [7, 11) is 1.70. The first kappa shape index (κ1) is 19.6. The number of nitrogens with two attached hydrogens (primary N) is 1. The summed E-state index contributed by atoms with van der Waals surface area (Å²) >= 11 is 0. The fourth-order valence-electron chi connectivity index (χ4n) is 4.03. The zero-order chi connectivity index (χ0) is 20.1. The van der Waals surface area contributed by atoms with Crippen molar-refractivity contribution in [1.82, 2.24) is 15.0 Å². The number of aryl methyl sites for hydroxylation is 1. The standard InChI is InChI=1S/C23H29N5O/c1-29-20-8-9-21-19(16-20)10-13-25-22(21)17-27(14-3-2-11-24)28-15-5-7-18-6-4-12-26-23(18)28/h4,6,8-10,12-13,16H,2-3,5,7,11,14-15,17,24H2,1H3. The van der Waals surface area contributed by atoms with Crippen LogP contribution in [0.3, 0.4) is 0 Å². The first-order chi connectivity index (χ1) is 14.3. The molecule has 0 amide bonds. The topological polar surface area (TPSA) is 67.5 Å². The Labute approximate surface area is 172 Å². The first-order valence-electron chi connectivity index (χ1n) is 10.4. The molecule has 1 aromatic carbocycles. The zero-order valence-electron chi connectivity index (χ0n) is 17.1. The van der Waals surface area contributed by atoms with Gasteiger partial charge in [0, 0.05) is 30.9 Å². The number of hydrogen-bond acceptors (Lipinski definition) is 6. The summed E-state index contributed by atoms with van der Waals surface area (Å²) in [5.41, 5.74) is 8.14. The number of hydrazine groups is 1. The predicted octanol–water partition coefficient (Wildman–Crippen LogP) is 3.55. The van der Waals surface area contributed by atoms with E-state index in [0.29, 0.717) is 0 Å². The van der Waals surface area contributed by atoms with Crippen molar-refractivity contribution in [3.8, 4) is 5.75 Å². The van der Waals surface area contributed by atoms with Crippen molar-refractivity contribution in [3.63, 3.8) is 0 Å². The van der Waals surface area contributed by atoms with Gasteiger partial charge in [0.2, 0.25) is 0 Å². The number of nitrogens with zero attached hydrogens (tertiary/aromatic N) is 4. The van der Waals surface area contributed by atoms with E-state index in [1.807, 2.05) is 30.6 Å². The molecular formula is C23H29N5O. The molecule has 0 radical (unpaired) electrons. The van der Waals surface area contributed by atoms with Gasteiger partial charge in [0.1, 0.15) is 11.6 Å². The number of methoxy groups -OCH3 is 1. The number of rotatable bonds is 8. The second-order valence-electron chi connectivity index (χ2n) is 7.44. The van der Waals surface area contributed by atoms with E-state index in [2.05, 4.69) is 28.2 Å². The van der Waals surface area contributed by atoms with Crippen molar-refractivity contribution >= 4 is 16.6 Å². The molecule has 6 heteroatoms. The second kappa shape index (κ2) is 9.20. The summed E-state index contributed by atoms with van der Waals surface area (Å²) in [5, 5.41) is 7.05. The predicted molar refractivity (Wildman–Crippen MR) is 117 cm³/mol. The normalized spacial score (nSPS) is 13.7. The van der Waals surface area contributed by atoms with Gasteiger partial charge in [-0.1, -0.05) is 6.07 Å². The molecule has 3 aromatic rings. The number of hydrogen-bond donors (Lipinski definition) is 1. The molecule has 0 spiro atoms. The van der Waals surface area contributed by atoms with Crippen LogP contribution in [-0.2, 0) is 13.0 Å². The lowest BCUT2D eigenvalue weighted by molar-refractivity contribution is 0.226. The maximum absolute atomic E-state index is 5.76. The smallest absolute Gasteiger partial charge is 0.146 e. The van der Waals surface area contributed by atoms with Crippen LogP contribution in [0, 0.1) is 0 Å². The Kier molecular flexibility index (Phi) is 6.22. The highest BCUT2D eigenvalue weighted by molar-refractivity contribution is 5.85. The van der Waals surface area contributed by atoms with Gasteiger partial charge in [0.15, 0.2) is 0 Å². The molecule has 1 aliphatic heterocycles. The number of aromatic nitrogens is 2. The summed E-state index contributed by atoms with van der Waals surface area (Å²) in [6, 6.07) is 12.4. The molecule has 0 unspecified atom stereocenters. The average molecular weight is 392 g/mol. The van der Waals surface area contributed by atoms with Crippen LogP contribution in [0.5, 0.6) is 5.75 Å². The third kappa shape index (κ3) is 4.33. The molecule has 152 valence electrons. The summed E-state index contributed by atoms with van der Waals surface area (Å²) < 4.78 is 5.38. The SMILES string of the molecule is COc1ccc2c(CN(CCCCN)N3CCCc4cccnc43)nccc2c1. The molecule has 3 heterocycles. The average Bonchev–Trinajstić information content (AvgIpc) is 2.78. The summed E-state index contributed by atoms with van der Waals surface area (Å²) in [5.74, 6) is 1.94. The third-order valence-electron chi connectivity index (χ3n) is 5.53. The highest BCUT2D eigenvalue weighted by Crippen LogP contribution is 2.28. The molecule has 0 bridgehead atoms. The van der Waals surface area contributed by atoms with E-state index >= 15 is 0 Å². The highest BCUT2D eigenvalue weighted by atomic mass is 16.5. The number of ether oxygens (including phenoxy) is 1. The zero-order valence-corrected chi connectivity index (χ0v) is 17.1. The Morgan fingerprint density at radius 2 is 2.07 bits per heavy atom. The lowest BCUT2D eigenvalue weighted by atomic mass is 10.1. The Balaban J connectivity index is 1.66. The van der Waals surface area contributed by atoms with Crippen LogP contribution in [-0.4, -0.2) is 41.7 Å². The fraction of sp³-hybridized carbons (Fsp3) is 0.391. The number of unbranched alkanes of at least 4 members (excludes halogenated alkanes) is 1. The molecule has 29 heavy (non-hydrogen) atoms. The molecule has 0 fully saturated rings. The van der Waals surface area contributed by atoms with Gasteiger partial charge in [-0.15, -0.1) is 0 Å². The van der Waals surface area contributed by atoms with Crippen LogP contribution in [0.4, 0.5) is 5.82 Å². The maximum atomic E-state index is 5.76. The van der Waals surface area contributed by atoms with Crippen molar-refractivity contribution in [1.29, 1.82) is 0 Å². The van der Waals surface area contributed by atoms with Crippen LogP contribution in [0.15, 0.2) is 48.8 Å². The van der Waals surface area contributed by atoms with Gasteiger partial charge in [-0.05, 0) is 73.5 Å². The molecule has 6 nitrogen and oxygen atoms in total. The van der Waals surface area contributed by atoms with Crippen LogP contribution in [0.1, 0.15) is 30.5 Å². The molecule has 2 N–H and O–H groups in total. The molecule has 0 saturated carbocycles. The first-order valence-corrected chi connectivity index (χ1v) is 10.4. The molecule has 1 aliphatic rings. The van der Waals surface area contributed by atoms with Crippen molar-refractivity contribution in [2.24, 2.45) is 5.73 Å². The molecule has 2 aromatic heterocycles. The van der Waals surface area contributed by atoms with Crippen LogP contribution < -0.4 is 15.5 Å². The van der Waals surface area contributed by atoms with E-state index < -0.39 is 0 Å². The maximum Gasteiger partial charge on any atom is 0.146 e. The van der Waals surface area contributed by atoms with E-state index in [-0.39, 0.29) is 0 Å². The van der Waals surface area contributed by atoms with Gasteiger partial charge in [-0.3, -0.25) is 9.99 Å². The highest BCUT2D eigenvalue weighted by Gasteiger charge is 2.24. The Morgan fingerprint density at radius 3 is 2.93 bits per heavy atom. The number of benzene rings is 1. The van der Waals surface area contributed by atoms with E-state index in [9.17, 15) is 0 Å². The van der Waals surface area contributed by atoms with Crippen molar-refractivity contribution < 1.29 is 4.74 Å². The lowest BCUT2D eigenvalue weighted by Crippen LogP contribution is -2.46. The van der Waals surface area contributed by atoms with Crippen LogP contribution in [0.25, 0.3) is 10.8 Å². The van der Waals surface area contributed by atoms with E-state index in [1.54, 1.807) is 7.11 Å². The Hall–Kier alpha value is -2.70. The van der Waals surface area contributed by atoms with Gasteiger partial charge in [0.05, 0.1) is 19.3 Å². The third-order valence-corrected chi connectivity index (χ3v) is 5.53. The van der Waals surface area contributed by atoms with Crippen molar-refractivity contribution in [2.45, 2.75) is 32.2 Å². The molecule has 4 rings (SSSR count). The summed E-state index contributed by atoms with van der Waals surface area (Å²) in [6.45, 7) is 3.37. The minimum Gasteiger partial charge on any atom is -0.497 e. The number of anilines is 1. The van der Waals surface area contributed by atoms with Gasteiger partial charge >= 0.3 is 0 Å². The minimum atomic E-state index is 0.717. The fourth-order valence-corrected chi connectivity index (χ4v) is 4.03. The largest absolute Gasteiger partial charge is 0.497 e. The van der Waals surface area contributed by atoms with Crippen LogP contribution in [0.2, 0.25) is 0 Å². The van der Waals surface area contributed by atoms with Gasteiger partial charge in [-0.2, -0.15) is 0 Å². The summed E-state index contributed by atoms with van der Waals surface area (Å²) in [6.07, 6.45) is 8.05. The molecule has 0 saturated heterocycles.